The first-order chi connectivity index (χ1) is 13.4. The third kappa shape index (κ3) is 4.94. The fourth-order valence-electron chi connectivity index (χ4n) is 5.16. The summed E-state index contributed by atoms with van der Waals surface area (Å²) < 4.78 is 24.2. The predicted molar refractivity (Wildman–Crippen MR) is 119 cm³/mol. The van der Waals surface area contributed by atoms with Crippen LogP contribution >= 0.6 is 0 Å². The number of rotatable bonds is 10. The predicted octanol–water partition coefficient (Wildman–Crippen LogP) is 6.44. The molecule has 6 heteroatoms. The summed E-state index contributed by atoms with van der Waals surface area (Å²) in [7, 11) is 0.104. The third-order valence-electron chi connectivity index (χ3n) is 7.12. The minimum absolute atomic E-state index is 0.330. The lowest BCUT2D eigenvalue weighted by molar-refractivity contribution is 0.101. The highest BCUT2D eigenvalue weighted by molar-refractivity contribution is 6.72. The Hall–Kier alpha value is 0.274. The van der Waals surface area contributed by atoms with Gasteiger partial charge in [-0.25, -0.2) is 0 Å². The highest BCUT2D eigenvalue weighted by atomic mass is 28.4. The molecule has 0 spiro atoms. The van der Waals surface area contributed by atoms with Gasteiger partial charge < -0.3 is 17.7 Å². The van der Waals surface area contributed by atoms with E-state index in [0.29, 0.717) is 12.2 Å². The Morgan fingerprint density at radius 2 is 0.857 bits per heavy atom. The van der Waals surface area contributed by atoms with E-state index in [1.54, 1.807) is 0 Å². The minimum atomic E-state index is -1.85. The summed E-state index contributed by atoms with van der Waals surface area (Å²) in [6.45, 7) is 8.60. The Labute approximate surface area is 175 Å². The van der Waals surface area contributed by atoms with Crippen molar-refractivity contribution in [3.63, 3.8) is 0 Å². The van der Waals surface area contributed by atoms with Gasteiger partial charge in [-0.05, 0) is 79.1 Å². The van der Waals surface area contributed by atoms with E-state index in [4.69, 9.17) is 17.7 Å². The largest absolute Gasteiger partial charge is 0.397 e. The molecule has 0 unspecified atom stereocenters. The van der Waals surface area contributed by atoms with Crippen LogP contribution in [0.15, 0.2) is 0 Å². The maximum atomic E-state index is 6.31. The van der Waals surface area contributed by atoms with Gasteiger partial charge in [-0.15, -0.1) is 0 Å². The first-order valence-corrected chi connectivity index (χ1v) is 15.8. The highest BCUT2D eigenvalue weighted by Crippen LogP contribution is 2.59. The van der Waals surface area contributed by atoms with Crippen LogP contribution in [-0.2, 0) is 17.7 Å². The van der Waals surface area contributed by atoms with Gasteiger partial charge in [0.05, 0.1) is 0 Å². The lowest BCUT2D eigenvalue weighted by Gasteiger charge is -2.47. The van der Waals surface area contributed by atoms with Gasteiger partial charge >= 0.3 is 17.1 Å². The maximum Gasteiger partial charge on any atom is 0.345 e. The van der Waals surface area contributed by atoms with E-state index in [2.05, 4.69) is 27.7 Å². The molecule has 0 saturated heterocycles. The van der Waals surface area contributed by atoms with Gasteiger partial charge in [-0.1, -0.05) is 12.8 Å². The molecule has 0 atom stereocenters. The third-order valence-corrected chi connectivity index (χ3v) is 16.9. The van der Waals surface area contributed by atoms with Crippen molar-refractivity contribution < 1.29 is 17.7 Å². The zero-order valence-electron chi connectivity index (χ0n) is 19.2. The fraction of sp³-hybridized carbons (Fsp3) is 1.00. The normalized spacial score (nSPS) is 24.0. The smallest absolute Gasteiger partial charge is 0.345 e. The Morgan fingerprint density at radius 3 is 1.04 bits per heavy atom. The van der Waals surface area contributed by atoms with Crippen molar-refractivity contribution in [2.24, 2.45) is 0 Å². The molecule has 0 bridgehead atoms. The van der Waals surface area contributed by atoms with Crippen LogP contribution in [0.1, 0.15) is 91.9 Å². The second kappa shape index (κ2) is 9.60. The molecule has 4 aliphatic rings. The molecule has 0 aromatic rings. The Balaban J connectivity index is 0.000000162. The van der Waals surface area contributed by atoms with E-state index in [-0.39, 0.29) is 0 Å². The summed E-state index contributed by atoms with van der Waals surface area (Å²) in [6, 6.07) is 0. The summed E-state index contributed by atoms with van der Waals surface area (Å²) in [5.74, 6) is 0. The zero-order valence-corrected chi connectivity index (χ0v) is 21.2. The van der Waals surface area contributed by atoms with Crippen molar-refractivity contribution in [2.45, 2.75) is 126 Å². The molecule has 0 amide bonds. The van der Waals surface area contributed by atoms with Crippen LogP contribution in [0.3, 0.4) is 0 Å². The Kier molecular flexibility index (Phi) is 7.87. The summed E-state index contributed by atoms with van der Waals surface area (Å²) in [5.41, 5.74) is 3.20. The van der Waals surface area contributed by atoms with Gasteiger partial charge in [0.2, 0.25) is 0 Å². The summed E-state index contributed by atoms with van der Waals surface area (Å²) in [6.07, 6.45) is 14.2. The quantitative estimate of drug-likeness (QED) is 0.375. The standard InChI is InChI=1S/C12H24O2Si.C10H20O2Si/c1-9(2)13-15(11-5-6-11,12-7-8-12)14-10(3)4;1-11-13(12-2,9-5-3-6-9)10-7-4-8-10/h9-12H,5-8H2,1-4H3;9-10H,3-8H2,1-2H3. The van der Waals surface area contributed by atoms with Gasteiger partial charge in [-0.3, -0.25) is 0 Å². The van der Waals surface area contributed by atoms with Crippen LogP contribution in [-0.4, -0.2) is 43.5 Å². The van der Waals surface area contributed by atoms with E-state index in [0.717, 1.165) is 22.2 Å². The molecular weight excluding hydrogens is 384 g/mol. The zero-order chi connectivity index (χ0) is 20.4. The average molecular weight is 429 g/mol. The molecule has 4 nitrogen and oxygen atoms in total. The monoisotopic (exact) mass is 428 g/mol. The molecule has 0 aromatic heterocycles. The molecule has 164 valence electrons. The molecule has 4 aliphatic carbocycles. The van der Waals surface area contributed by atoms with Gasteiger partial charge in [0.15, 0.2) is 0 Å². The van der Waals surface area contributed by atoms with E-state index in [1.807, 2.05) is 14.2 Å². The highest BCUT2D eigenvalue weighted by Gasteiger charge is 2.61. The summed E-state index contributed by atoms with van der Waals surface area (Å²) >= 11 is 0. The molecule has 0 N–H and O–H groups in total. The molecule has 4 saturated carbocycles. The first-order valence-electron chi connectivity index (χ1n) is 11.8. The molecule has 4 fully saturated rings. The van der Waals surface area contributed by atoms with Gasteiger partial charge in [0.25, 0.3) is 0 Å². The van der Waals surface area contributed by atoms with Crippen LogP contribution in [0, 0.1) is 0 Å². The van der Waals surface area contributed by atoms with Crippen molar-refractivity contribution in [2.75, 3.05) is 14.2 Å². The lowest BCUT2D eigenvalue weighted by Crippen LogP contribution is -2.53. The lowest BCUT2D eigenvalue weighted by atomic mass is 9.98. The Morgan fingerprint density at radius 1 is 0.536 bits per heavy atom. The van der Waals surface area contributed by atoms with Crippen molar-refractivity contribution in [1.82, 2.24) is 0 Å². The van der Waals surface area contributed by atoms with Gasteiger partial charge in [0, 0.05) is 48.6 Å². The number of hydrogen-bond acceptors (Lipinski definition) is 4. The van der Waals surface area contributed by atoms with E-state index in [9.17, 15) is 0 Å². The van der Waals surface area contributed by atoms with Crippen LogP contribution in [0.4, 0.5) is 0 Å². The van der Waals surface area contributed by atoms with Crippen molar-refractivity contribution in [3.8, 4) is 0 Å². The minimum Gasteiger partial charge on any atom is -0.397 e. The van der Waals surface area contributed by atoms with Crippen molar-refractivity contribution in [1.29, 1.82) is 0 Å². The molecular formula is C22H44O4Si2. The van der Waals surface area contributed by atoms with Crippen LogP contribution in [0.25, 0.3) is 0 Å². The van der Waals surface area contributed by atoms with Crippen molar-refractivity contribution >= 4 is 17.1 Å². The van der Waals surface area contributed by atoms with E-state index >= 15 is 0 Å². The second-order valence-electron chi connectivity index (χ2n) is 9.99. The van der Waals surface area contributed by atoms with Crippen LogP contribution < -0.4 is 0 Å². The molecule has 0 heterocycles. The second-order valence-corrected chi connectivity index (χ2v) is 17.4. The summed E-state index contributed by atoms with van der Waals surface area (Å²) in [5, 5.41) is 0. The topological polar surface area (TPSA) is 36.9 Å². The maximum absolute atomic E-state index is 6.31. The SMILES string of the molecule is CC(C)O[Si](OC(C)C)(C1CC1)C1CC1.CO[Si](OC)(C1CCC1)C1CCC1. The summed E-state index contributed by atoms with van der Waals surface area (Å²) in [4.78, 5) is 0. The average Bonchev–Trinajstić information content (AvgIpc) is 3.42. The van der Waals surface area contributed by atoms with E-state index in [1.165, 1.54) is 64.2 Å². The molecule has 0 radical (unpaired) electrons. The molecule has 0 aliphatic heterocycles. The molecule has 4 rings (SSSR count). The van der Waals surface area contributed by atoms with Crippen LogP contribution in [0.2, 0.25) is 22.2 Å². The van der Waals surface area contributed by atoms with Crippen LogP contribution in [0.5, 0.6) is 0 Å². The van der Waals surface area contributed by atoms with Gasteiger partial charge in [-0.2, -0.15) is 0 Å². The van der Waals surface area contributed by atoms with E-state index < -0.39 is 17.1 Å². The van der Waals surface area contributed by atoms with Gasteiger partial charge in [0.1, 0.15) is 0 Å². The van der Waals surface area contributed by atoms with Crippen molar-refractivity contribution in [3.05, 3.63) is 0 Å². The molecule has 0 aromatic carbocycles. The molecule has 28 heavy (non-hydrogen) atoms. The first kappa shape index (κ1) is 22.9. The Bertz CT molecular complexity index is 439. The number of hydrogen-bond donors (Lipinski definition) is 0. The fourth-order valence-corrected chi connectivity index (χ4v) is 14.7.